The maximum atomic E-state index is 12.2. The summed E-state index contributed by atoms with van der Waals surface area (Å²) in [6.07, 6.45) is 0.797. The molecule has 124 valence electrons. The molecule has 5 nitrogen and oxygen atoms in total. The largest absolute Gasteiger partial charge is 0.490 e. The van der Waals surface area contributed by atoms with Gasteiger partial charge < -0.3 is 14.2 Å². The van der Waals surface area contributed by atoms with Gasteiger partial charge >= 0.3 is 5.97 Å². The number of rotatable bonds is 4. The number of Topliss-reactive ketones (excluding diaryl/α,β-unsaturated/α-hetero) is 1. The number of carbonyl (C=O) groups is 2. The number of ether oxygens (including phenoxy) is 3. The van der Waals surface area contributed by atoms with Crippen LogP contribution in [0.15, 0.2) is 42.5 Å². The summed E-state index contributed by atoms with van der Waals surface area (Å²) in [4.78, 5) is 24.2. The minimum atomic E-state index is -0.517. The topological polar surface area (TPSA) is 61.8 Å². The van der Waals surface area contributed by atoms with Gasteiger partial charge in [0.05, 0.1) is 18.8 Å². The molecule has 2 aromatic carbocycles. The highest BCUT2D eigenvalue weighted by Crippen LogP contribution is 2.30. The fourth-order valence-corrected chi connectivity index (χ4v) is 2.79. The van der Waals surface area contributed by atoms with Gasteiger partial charge in [0.1, 0.15) is 0 Å². The van der Waals surface area contributed by atoms with Crippen LogP contribution >= 0.6 is 22.6 Å². The number of halogens is 1. The van der Waals surface area contributed by atoms with Crippen LogP contribution in [-0.2, 0) is 4.74 Å². The Labute approximate surface area is 153 Å². The molecule has 0 bridgehead atoms. The first-order valence-electron chi connectivity index (χ1n) is 7.49. The Morgan fingerprint density at radius 3 is 2.58 bits per heavy atom. The Bertz CT molecular complexity index is 772. The average molecular weight is 438 g/mol. The Hall–Kier alpha value is -2.09. The highest BCUT2D eigenvalue weighted by atomic mass is 127. The van der Waals surface area contributed by atoms with E-state index in [1.54, 1.807) is 36.4 Å². The number of esters is 1. The number of carbonyl (C=O) groups excluding carboxylic acids is 2. The van der Waals surface area contributed by atoms with E-state index in [4.69, 9.17) is 14.2 Å². The van der Waals surface area contributed by atoms with Crippen LogP contribution in [0.1, 0.15) is 27.1 Å². The van der Waals surface area contributed by atoms with Crippen LogP contribution in [0.4, 0.5) is 0 Å². The third-order valence-electron chi connectivity index (χ3n) is 3.46. The fraction of sp³-hybridized carbons (Fsp3) is 0.222. The van der Waals surface area contributed by atoms with Crippen molar-refractivity contribution in [2.45, 2.75) is 6.42 Å². The highest BCUT2D eigenvalue weighted by Gasteiger charge is 2.16. The second kappa shape index (κ2) is 7.65. The number of hydrogen-bond donors (Lipinski definition) is 0. The molecular weight excluding hydrogens is 423 g/mol. The smallest absolute Gasteiger partial charge is 0.338 e. The van der Waals surface area contributed by atoms with E-state index in [-0.39, 0.29) is 12.4 Å². The second-order valence-electron chi connectivity index (χ2n) is 5.22. The minimum Gasteiger partial charge on any atom is -0.490 e. The molecule has 6 heteroatoms. The van der Waals surface area contributed by atoms with Crippen molar-refractivity contribution in [3.8, 4) is 11.5 Å². The van der Waals surface area contributed by atoms with Gasteiger partial charge in [-0.2, -0.15) is 0 Å². The Kier molecular flexibility index (Phi) is 5.34. The molecule has 24 heavy (non-hydrogen) atoms. The van der Waals surface area contributed by atoms with Gasteiger partial charge in [-0.1, -0.05) is 6.07 Å². The van der Waals surface area contributed by atoms with Gasteiger partial charge in [0.25, 0.3) is 0 Å². The molecule has 0 fully saturated rings. The molecule has 0 atom stereocenters. The van der Waals surface area contributed by atoms with Crippen LogP contribution in [0, 0.1) is 3.57 Å². The molecule has 2 aromatic rings. The fourth-order valence-electron chi connectivity index (χ4n) is 2.25. The molecule has 0 N–H and O–H groups in total. The molecule has 0 saturated carbocycles. The van der Waals surface area contributed by atoms with E-state index in [1.165, 1.54) is 0 Å². The standard InChI is InChI=1S/C18H15IO5/c19-14-4-1-3-13(9-14)18(21)24-11-15(20)12-5-6-16-17(10-12)23-8-2-7-22-16/h1,3-6,9-10H,2,7-8,11H2. The van der Waals surface area contributed by atoms with E-state index in [1.807, 2.05) is 6.07 Å². The highest BCUT2D eigenvalue weighted by molar-refractivity contribution is 14.1. The second-order valence-corrected chi connectivity index (χ2v) is 6.47. The molecule has 1 aliphatic heterocycles. The molecule has 0 radical (unpaired) electrons. The van der Waals surface area contributed by atoms with Gasteiger partial charge in [0.15, 0.2) is 23.9 Å². The number of hydrogen-bond acceptors (Lipinski definition) is 5. The van der Waals surface area contributed by atoms with Crippen LogP contribution in [0.5, 0.6) is 11.5 Å². The Morgan fingerprint density at radius 2 is 1.79 bits per heavy atom. The first kappa shape index (κ1) is 16.8. The van der Waals surface area contributed by atoms with Crippen LogP contribution in [-0.4, -0.2) is 31.6 Å². The quantitative estimate of drug-likeness (QED) is 0.416. The zero-order valence-electron chi connectivity index (χ0n) is 12.8. The third kappa shape index (κ3) is 4.05. The summed E-state index contributed by atoms with van der Waals surface area (Å²) in [5, 5.41) is 0. The summed E-state index contributed by atoms with van der Waals surface area (Å²) in [6.45, 7) is 0.823. The summed E-state index contributed by atoms with van der Waals surface area (Å²) >= 11 is 2.11. The third-order valence-corrected chi connectivity index (χ3v) is 4.14. The first-order valence-corrected chi connectivity index (χ1v) is 8.57. The average Bonchev–Trinajstić information content (AvgIpc) is 2.84. The summed E-state index contributed by atoms with van der Waals surface area (Å²) in [5.74, 6) is 0.364. The van der Waals surface area contributed by atoms with E-state index in [0.29, 0.717) is 35.8 Å². The van der Waals surface area contributed by atoms with Crippen molar-refractivity contribution < 1.29 is 23.8 Å². The van der Waals surface area contributed by atoms with Gasteiger partial charge in [0.2, 0.25) is 0 Å². The van der Waals surface area contributed by atoms with Crippen molar-refractivity contribution in [1.29, 1.82) is 0 Å². The van der Waals surface area contributed by atoms with E-state index in [9.17, 15) is 9.59 Å². The van der Waals surface area contributed by atoms with Crippen LogP contribution in [0.3, 0.4) is 0 Å². The zero-order valence-corrected chi connectivity index (χ0v) is 14.9. The lowest BCUT2D eigenvalue weighted by Gasteiger charge is -2.09. The van der Waals surface area contributed by atoms with Crippen molar-refractivity contribution in [1.82, 2.24) is 0 Å². The molecule has 0 spiro atoms. The predicted molar refractivity (Wildman–Crippen MR) is 95.8 cm³/mol. The SMILES string of the molecule is O=C(COC(=O)c1cccc(I)c1)c1ccc2c(c1)OCCCO2. The van der Waals surface area contributed by atoms with E-state index in [0.717, 1.165) is 9.99 Å². The monoisotopic (exact) mass is 438 g/mol. The van der Waals surface area contributed by atoms with Gasteiger partial charge in [-0.25, -0.2) is 4.79 Å². The van der Waals surface area contributed by atoms with Crippen molar-refractivity contribution in [3.63, 3.8) is 0 Å². The number of fused-ring (bicyclic) bond motifs is 1. The van der Waals surface area contributed by atoms with Crippen molar-refractivity contribution in [2.24, 2.45) is 0 Å². The minimum absolute atomic E-state index is 0.287. The van der Waals surface area contributed by atoms with Crippen molar-refractivity contribution in [3.05, 3.63) is 57.2 Å². The zero-order chi connectivity index (χ0) is 16.9. The van der Waals surface area contributed by atoms with Crippen molar-refractivity contribution in [2.75, 3.05) is 19.8 Å². The summed E-state index contributed by atoms with van der Waals surface area (Å²) in [5.41, 5.74) is 0.850. The number of ketones is 1. The molecule has 1 aliphatic rings. The molecule has 3 rings (SSSR count). The molecule has 1 heterocycles. The van der Waals surface area contributed by atoms with Crippen LogP contribution in [0.2, 0.25) is 0 Å². The lowest BCUT2D eigenvalue weighted by atomic mass is 10.1. The summed E-state index contributed by atoms with van der Waals surface area (Å²) in [6, 6.07) is 12.0. The summed E-state index contributed by atoms with van der Waals surface area (Å²) in [7, 11) is 0. The molecule has 0 saturated heterocycles. The van der Waals surface area contributed by atoms with Gasteiger partial charge in [0, 0.05) is 15.6 Å². The van der Waals surface area contributed by atoms with E-state index >= 15 is 0 Å². The first-order chi connectivity index (χ1) is 11.6. The normalized spacial score (nSPS) is 13.0. The molecule has 0 unspecified atom stereocenters. The molecule has 0 aromatic heterocycles. The van der Waals surface area contributed by atoms with E-state index < -0.39 is 5.97 Å². The van der Waals surface area contributed by atoms with Gasteiger partial charge in [-0.15, -0.1) is 0 Å². The molecular formula is C18H15IO5. The maximum Gasteiger partial charge on any atom is 0.338 e. The Morgan fingerprint density at radius 1 is 1.00 bits per heavy atom. The van der Waals surface area contributed by atoms with Crippen LogP contribution in [0.25, 0.3) is 0 Å². The van der Waals surface area contributed by atoms with Gasteiger partial charge in [-0.3, -0.25) is 4.79 Å². The van der Waals surface area contributed by atoms with E-state index in [2.05, 4.69) is 22.6 Å². The Balaban J connectivity index is 1.65. The molecule has 0 aliphatic carbocycles. The van der Waals surface area contributed by atoms with Gasteiger partial charge in [-0.05, 0) is 59.0 Å². The van der Waals surface area contributed by atoms with Crippen molar-refractivity contribution >= 4 is 34.3 Å². The lowest BCUT2D eigenvalue weighted by Crippen LogP contribution is -2.14. The maximum absolute atomic E-state index is 12.2. The van der Waals surface area contributed by atoms with Crippen LogP contribution < -0.4 is 9.47 Å². The summed E-state index contributed by atoms with van der Waals surface area (Å²) < 4.78 is 17.1. The number of benzene rings is 2. The lowest BCUT2D eigenvalue weighted by molar-refractivity contribution is 0.0474. The molecule has 0 amide bonds. The predicted octanol–water partition coefficient (Wildman–Crippen LogP) is 3.49.